The molecule has 0 amide bonds. The highest BCUT2D eigenvalue weighted by molar-refractivity contribution is 7.14. The van der Waals surface area contributed by atoms with Crippen LogP contribution in [0.5, 0.6) is 0 Å². The largest absolute Gasteiger partial charge is 0.154 e. The molecule has 0 spiro atoms. The van der Waals surface area contributed by atoms with Crippen LogP contribution in [-0.2, 0) is 0 Å². The van der Waals surface area contributed by atoms with Crippen molar-refractivity contribution in [3.05, 3.63) is 78.9 Å². The van der Waals surface area contributed by atoms with Gasteiger partial charge in [0.1, 0.15) is 8.07 Å². The zero-order valence-electron chi connectivity index (χ0n) is 15.3. The number of hydrogen-bond donors (Lipinski definition) is 0. The van der Waals surface area contributed by atoms with Gasteiger partial charge in [-0.15, -0.1) is 0 Å². The van der Waals surface area contributed by atoms with Gasteiger partial charge in [0.05, 0.1) is 0 Å². The Morgan fingerprint density at radius 3 is 1.72 bits per heavy atom. The lowest BCUT2D eigenvalue weighted by molar-refractivity contribution is 0.724. The predicted octanol–water partition coefficient (Wildman–Crippen LogP) is 2.37. The van der Waals surface area contributed by atoms with E-state index in [0.717, 1.165) is 5.92 Å². The van der Waals surface area contributed by atoms with Gasteiger partial charge >= 0.3 is 0 Å². The molecule has 0 N–H and O–H groups in total. The first kappa shape index (κ1) is 16.6. The third-order valence-electron chi connectivity index (χ3n) is 5.46. The van der Waals surface area contributed by atoms with Crippen LogP contribution in [0.15, 0.2) is 78.9 Å². The molecule has 0 aliphatic carbocycles. The van der Waals surface area contributed by atoms with Gasteiger partial charge in [-0.2, -0.15) is 0 Å². The summed E-state index contributed by atoms with van der Waals surface area (Å²) < 4.78 is 0. The molecule has 25 heavy (non-hydrogen) atoms. The lowest BCUT2D eigenvalue weighted by Crippen LogP contribution is -2.77. The Labute approximate surface area is 154 Å². The standard InChI is InChI=1S/C23H25Si2/c1-18(2)17-25(3)22-15-9-7-13-20(22)24(19-11-5-4-6-12-19)21-14-8-10-16-23(21)25/h4-16,18H,17H2,1-3H3. The highest BCUT2D eigenvalue weighted by Gasteiger charge is 2.43. The van der Waals surface area contributed by atoms with E-state index in [1.807, 2.05) is 0 Å². The molecule has 0 saturated heterocycles. The first-order chi connectivity index (χ1) is 12.1. The maximum absolute atomic E-state index is 2.59. The highest BCUT2D eigenvalue weighted by Crippen LogP contribution is 2.19. The third kappa shape index (κ3) is 2.74. The molecule has 0 aromatic heterocycles. The summed E-state index contributed by atoms with van der Waals surface area (Å²) in [4.78, 5) is 0. The van der Waals surface area contributed by atoms with Crippen molar-refractivity contribution in [1.29, 1.82) is 0 Å². The van der Waals surface area contributed by atoms with Crippen LogP contribution >= 0.6 is 0 Å². The van der Waals surface area contributed by atoms with Crippen LogP contribution in [0.2, 0.25) is 12.6 Å². The van der Waals surface area contributed by atoms with E-state index in [-0.39, 0.29) is 0 Å². The van der Waals surface area contributed by atoms with Gasteiger partial charge in [0.2, 0.25) is 0 Å². The van der Waals surface area contributed by atoms with E-state index in [2.05, 4.69) is 99.3 Å². The van der Waals surface area contributed by atoms with Crippen LogP contribution in [0.4, 0.5) is 0 Å². The maximum atomic E-state index is 2.59. The van der Waals surface area contributed by atoms with Gasteiger partial charge in [0, 0.05) is 0 Å². The molecule has 1 radical (unpaired) electrons. The molecule has 0 bridgehead atoms. The molecule has 1 aliphatic rings. The normalized spacial score (nSPS) is 15.7. The van der Waals surface area contributed by atoms with Crippen LogP contribution in [0.25, 0.3) is 0 Å². The van der Waals surface area contributed by atoms with Crippen molar-refractivity contribution < 1.29 is 0 Å². The Hall–Kier alpha value is -1.91. The summed E-state index contributed by atoms with van der Waals surface area (Å²) in [5, 5.41) is 8.13. The summed E-state index contributed by atoms with van der Waals surface area (Å²) >= 11 is 0. The summed E-state index contributed by atoms with van der Waals surface area (Å²) in [7, 11) is -2.60. The molecular weight excluding hydrogens is 332 g/mol. The molecule has 3 aromatic carbocycles. The Bertz CT molecular complexity index is 836. The highest BCUT2D eigenvalue weighted by atomic mass is 28.3. The number of rotatable bonds is 3. The monoisotopic (exact) mass is 357 g/mol. The van der Waals surface area contributed by atoms with Crippen LogP contribution in [0, 0.1) is 5.92 Å². The summed E-state index contributed by atoms with van der Waals surface area (Å²) in [5.74, 6) is 0.725. The van der Waals surface area contributed by atoms with E-state index >= 15 is 0 Å². The van der Waals surface area contributed by atoms with Crippen molar-refractivity contribution in [2.24, 2.45) is 5.92 Å². The summed E-state index contributed by atoms with van der Waals surface area (Å²) in [6, 6.07) is 31.2. The lowest BCUT2D eigenvalue weighted by atomic mass is 10.3. The van der Waals surface area contributed by atoms with Crippen molar-refractivity contribution in [3.8, 4) is 0 Å². The van der Waals surface area contributed by atoms with Crippen LogP contribution in [0.3, 0.4) is 0 Å². The number of benzene rings is 3. The van der Waals surface area contributed by atoms with E-state index in [0.29, 0.717) is 0 Å². The Balaban J connectivity index is 2.01. The average Bonchev–Trinajstić information content (AvgIpc) is 2.63. The minimum Gasteiger partial charge on any atom is -0.0630 e. The van der Waals surface area contributed by atoms with Crippen molar-refractivity contribution in [3.63, 3.8) is 0 Å². The van der Waals surface area contributed by atoms with E-state index in [9.17, 15) is 0 Å². The van der Waals surface area contributed by atoms with Crippen molar-refractivity contribution in [1.82, 2.24) is 0 Å². The van der Waals surface area contributed by atoms with E-state index in [1.54, 1.807) is 20.7 Å². The fourth-order valence-corrected chi connectivity index (χ4v) is 14.3. The molecule has 0 saturated carbocycles. The van der Waals surface area contributed by atoms with E-state index in [1.165, 1.54) is 11.2 Å². The second-order valence-corrected chi connectivity index (χ2v) is 14.3. The van der Waals surface area contributed by atoms with Crippen LogP contribution in [-0.4, -0.2) is 16.9 Å². The first-order valence-corrected chi connectivity index (χ1v) is 13.4. The molecule has 4 rings (SSSR count). The zero-order valence-corrected chi connectivity index (χ0v) is 17.3. The van der Waals surface area contributed by atoms with Gasteiger partial charge in [0.25, 0.3) is 0 Å². The van der Waals surface area contributed by atoms with Crippen LogP contribution in [0.1, 0.15) is 13.8 Å². The topological polar surface area (TPSA) is 0 Å². The fourth-order valence-electron chi connectivity index (χ4n) is 4.61. The second-order valence-electron chi connectivity index (χ2n) is 7.76. The Morgan fingerprint density at radius 1 is 0.720 bits per heavy atom. The zero-order chi connectivity index (χ0) is 17.4. The van der Waals surface area contributed by atoms with Crippen molar-refractivity contribution in [2.75, 3.05) is 0 Å². The third-order valence-corrected chi connectivity index (χ3v) is 13.7. The minimum atomic E-state index is -1.69. The number of fused-ring (bicyclic) bond motifs is 2. The maximum Gasteiger partial charge on any atom is 0.154 e. The minimum absolute atomic E-state index is 0.725. The lowest BCUT2D eigenvalue weighted by Gasteiger charge is -2.41. The quantitative estimate of drug-likeness (QED) is 0.631. The van der Waals surface area contributed by atoms with Gasteiger partial charge in [-0.1, -0.05) is 125 Å². The molecule has 1 heterocycles. The van der Waals surface area contributed by atoms with Gasteiger partial charge in [-0.25, -0.2) is 0 Å². The molecule has 125 valence electrons. The van der Waals surface area contributed by atoms with E-state index < -0.39 is 16.9 Å². The average molecular weight is 358 g/mol. The smallest absolute Gasteiger partial charge is 0.0630 e. The van der Waals surface area contributed by atoms with Crippen molar-refractivity contribution in [2.45, 2.75) is 26.4 Å². The predicted molar refractivity (Wildman–Crippen MR) is 115 cm³/mol. The second kappa shape index (κ2) is 6.43. The molecule has 0 fully saturated rings. The van der Waals surface area contributed by atoms with Crippen molar-refractivity contribution >= 4 is 42.8 Å². The van der Waals surface area contributed by atoms with E-state index in [4.69, 9.17) is 0 Å². The molecular formula is C23H25Si2. The number of hydrogen-bond acceptors (Lipinski definition) is 0. The Morgan fingerprint density at radius 2 is 1.20 bits per heavy atom. The van der Waals surface area contributed by atoms with Crippen LogP contribution < -0.4 is 25.9 Å². The SMILES string of the molecule is CC(C)C[Si]1(C)c2ccccc2[Si](c2ccccc2)c2ccccc21. The van der Waals surface area contributed by atoms with Gasteiger partial charge in [0.15, 0.2) is 8.80 Å². The van der Waals surface area contributed by atoms with Gasteiger partial charge < -0.3 is 0 Å². The Kier molecular flexibility index (Phi) is 4.26. The first-order valence-electron chi connectivity index (χ1n) is 9.23. The molecule has 2 heteroatoms. The summed E-state index contributed by atoms with van der Waals surface area (Å²) in [5.41, 5.74) is 0. The molecule has 0 atom stereocenters. The molecule has 1 aliphatic heterocycles. The van der Waals surface area contributed by atoms with Gasteiger partial charge in [-0.3, -0.25) is 0 Å². The van der Waals surface area contributed by atoms with Gasteiger partial charge in [-0.05, 0) is 12.0 Å². The fraction of sp³-hybridized carbons (Fsp3) is 0.217. The molecule has 0 nitrogen and oxygen atoms in total. The molecule has 3 aromatic rings. The summed E-state index contributed by atoms with van der Waals surface area (Å²) in [6.07, 6.45) is 0. The molecule has 0 unspecified atom stereocenters. The summed E-state index contributed by atoms with van der Waals surface area (Å²) in [6.45, 7) is 7.34.